The normalized spacial score (nSPS) is 11.7. The lowest BCUT2D eigenvalue weighted by atomic mass is 10.1. The highest BCUT2D eigenvalue weighted by atomic mass is 32.2. The molecule has 0 radical (unpaired) electrons. The summed E-state index contributed by atoms with van der Waals surface area (Å²) in [5.74, 6) is 0.306. The zero-order valence-corrected chi connectivity index (χ0v) is 17.0. The van der Waals surface area contributed by atoms with E-state index in [9.17, 15) is 14.4 Å². The number of para-hydroxylation sites is 1. The molecule has 0 aliphatic carbocycles. The van der Waals surface area contributed by atoms with E-state index >= 15 is 0 Å². The molecule has 0 saturated heterocycles. The van der Waals surface area contributed by atoms with Gasteiger partial charge in [0.25, 0.3) is 0 Å². The van der Waals surface area contributed by atoms with Crippen molar-refractivity contribution in [3.63, 3.8) is 0 Å². The van der Waals surface area contributed by atoms with Crippen molar-refractivity contribution < 1.29 is 23.9 Å². The van der Waals surface area contributed by atoms with Gasteiger partial charge in [-0.2, -0.15) is 0 Å². The van der Waals surface area contributed by atoms with Gasteiger partial charge in [0.05, 0.1) is 6.61 Å². The van der Waals surface area contributed by atoms with E-state index in [2.05, 4.69) is 0 Å². The first-order valence-electron chi connectivity index (χ1n) is 9.14. The van der Waals surface area contributed by atoms with E-state index in [0.29, 0.717) is 17.1 Å². The molecule has 0 bridgehead atoms. The van der Waals surface area contributed by atoms with Crippen molar-refractivity contribution in [3.05, 3.63) is 60.2 Å². The molecular formula is C22H24O5S. The van der Waals surface area contributed by atoms with Crippen molar-refractivity contribution in [2.24, 2.45) is 5.92 Å². The van der Waals surface area contributed by atoms with Crippen molar-refractivity contribution in [1.29, 1.82) is 0 Å². The monoisotopic (exact) mass is 400 g/mol. The van der Waals surface area contributed by atoms with Crippen LogP contribution in [-0.4, -0.2) is 28.7 Å². The number of rotatable bonds is 9. The molecule has 5 nitrogen and oxygen atoms in total. The van der Waals surface area contributed by atoms with Gasteiger partial charge >= 0.3 is 5.97 Å². The maximum absolute atomic E-state index is 12.6. The van der Waals surface area contributed by atoms with E-state index in [0.717, 1.165) is 11.8 Å². The minimum absolute atomic E-state index is 0.0964. The van der Waals surface area contributed by atoms with Gasteiger partial charge in [-0.05, 0) is 43.3 Å². The van der Waals surface area contributed by atoms with Crippen LogP contribution in [-0.2, 0) is 14.3 Å². The molecule has 1 unspecified atom stereocenters. The number of thioether (sulfide) groups is 1. The first-order chi connectivity index (χ1) is 13.4. The van der Waals surface area contributed by atoms with Crippen LogP contribution >= 0.6 is 11.8 Å². The van der Waals surface area contributed by atoms with Gasteiger partial charge < -0.3 is 9.47 Å². The van der Waals surface area contributed by atoms with Crippen molar-refractivity contribution >= 4 is 28.6 Å². The Morgan fingerprint density at radius 2 is 1.54 bits per heavy atom. The smallest absolute Gasteiger partial charge is 0.319 e. The zero-order chi connectivity index (χ0) is 20.5. The molecule has 28 heavy (non-hydrogen) atoms. The molecule has 2 aromatic carbocycles. The number of ether oxygens (including phenoxy) is 2. The van der Waals surface area contributed by atoms with Crippen LogP contribution in [0.1, 0.15) is 37.6 Å². The summed E-state index contributed by atoms with van der Waals surface area (Å²) in [7, 11) is 0. The Balaban J connectivity index is 2.05. The maximum atomic E-state index is 12.6. The number of esters is 1. The summed E-state index contributed by atoms with van der Waals surface area (Å²) in [5.41, 5.74) is 0.451. The second-order valence-corrected chi connectivity index (χ2v) is 7.61. The zero-order valence-electron chi connectivity index (χ0n) is 16.2. The largest absolute Gasteiger partial charge is 0.465 e. The fraction of sp³-hybridized carbons (Fsp3) is 0.318. The molecule has 0 N–H and O–H groups in total. The number of ketones is 1. The van der Waals surface area contributed by atoms with Gasteiger partial charge in [-0.25, -0.2) is 0 Å². The predicted octanol–water partition coefficient (Wildman–Crippen LogP) is 4.90. The topological polar surface area (TPSA) is 69.7 Å². The van der Waals surface area contributed by atoms with Crippen LogP contribution in [0.3, 0.4) is 0 Å². The second-order valence-electron chi connectivity index (χ2n) is 6.40. The van der Waals surface area contributed by atoms with Gasteiger partial charge in [0.1, 0.15) is 16.7 Å². The average molecular weight is 400 g/mol. The third-order valence-corrected chi connectivity index (χ3v) is 5.15. The van der Waals surface area contributed by atoms with Crippen LogP contribution in [0.15, 0.2) is 54.6 Å². The molecule has 0 amide bonds. The van der Waals surface area contributed by atoms with Crippen LogP contribution in [0.2, 0.25) is 0 Å². The van der Waals surface area contributed by atoms with Crippen LogP contribution in [0.5, 0.6) is 11.5 Å². The quantitative estimate of drug-likeness (QED) is 0.440. The Hall–Kier alpha value is -2.60. The summed E-state index contributed by atoms with van der Waals surface area (Å²) in [6, 6.07) is 16.0. The van der Waals surface area contributed by atoms with E-state index in [1.54, 1.807) is 45.0 Å². The summed E-state index contributed by atoms with van der Waals surface area (Å²) >= 11 is 0.870. The van der Waals surface area contributed by atoms with Gasteiger partial charge in [-0.15, -0.1) is 0 Å². The number of Topliss-reactive ketones (excluding diaryl/α,β-unsaturated/α-hetero) is 1. The molecule has 2 aromatic rings. The third kappa shape index (κ3) is 6.53. The second kappa shape index (κ2) is 10.7. The molecule has 2 rings (SSSR count). The van der Waals surface area contributed by atoms with Crippen molar-refractivity contribution in [2.75, 3.05) is 6.61 Å². The van der Waals surface area contributed by atoms with Gasteiger partial charge in [-0.1, -0.05) is 43.8 Å². The lowest BCUT2D eigenvalue weighted by molar-refractivity contribution is -0.142. The molecule has 0 spiro atoms. The lowest BCUT2D eigenvalue weighted by Gasteiger charge is -2.15. The van der Waals surface area contributed by atoms with Crippen LogP contribution in [0.4, 0.5) is 0 Å². The van der Waals surface area contributed by atoms with Crippen molar-refractivity contribution in [2.45, 2.75) is 32.4 Å². The van der Waals surface area contributed by atoms with E-state index in [4.69, 9.17) is 9.47 Å². The maximum Gasteiger partial charge on any atom is 0.319 e. The van der Waals surface area contributed by atoms with Crippen molar-refractivity contribution in [3.8, 4) is 11.5 Å². The molecule has 6 heteroatoms. The van der Waals surface area contributed by atoms with Crippen molar-refractivity contribution in [1.82, 2.24) is 0 Å². The average Bonchev–Trinajstić information content (AvgIpc) is 2.68. The summed E-state index contributed by atoms with van der Waals surface area (Å²) in [4.78, 5) is 36.8. The number of carbonyl (C=O) groups excluding carboxylic acids is 3. The van der Waals surface area contributed by atoms with Crippen LogP contribution < -0.4 is 4.74 Å². The molecule has 1 atom stereocenters. The molecule has 148 valence electrons. The predicted molar refractivity (Wildman–Crippen MR) is 110 cm³/mol. The molecule has 0 fully saturated rings. The molecule has 0 saturated carbocycles. The summed E-state index contributed by atoms with van der Waals surface area (Å²) < 4.78 is 10.7. The lowest BCUT2D eigenvalue weighted by Crippen LogP contribution is -2.26. The van der Waals surface area contributed by atoms with E-state index in [1.807, 2.05) is 30.3 Å². The Morgan fingerprint density at radius 3 is 2.11 bits per heavy atom. The van der Waals surface area contributed by atoms with E-state index < -0.39 is 11.2 Å². The summed E-state index contributed by atoms with van der Waals surface area (Å²) in [6.07, 6.45) is -0.0964. The Labute approximate surface area is 169 Å². The first kappa shape index (κ1) is 21.7. The summed E-state index contributed by atoms with van der Waals surface area (Å²) in [5, 5.41) is -0.986. The van der Waals surface area contributed by atoms with E-state index in [-0.39, 0.29) is 29.8 Å². The minimum atomic E-state index is -0.845. The van der Waals surface area contributed by atoms with Gasteiger partial charge in [0.15, 0.2) is 10.9 Å². The number of benzene rings is 2. The summed E-state index contributed by atoms with van der Waals surface area (Å²) in [6.45, 7) is 5.40. The van der Waals surface area contributed by atoms with Crippen LogP contribution in [0, 0.1) is 5.92 Å². The number of hydrogen-bond acceptors (Lipinski definition) is 6. The first-order valence-corrected chi connectivity index (χ1v) is 10.0. The molecule has 0 aromatic heterocycles. The van der Waals surface area contributed by atoms with Gasteiger partial charge in [0.2, 0.25) is 0 Å². The SMILES string of the molecule is CCOC(=O)C(CC(=O)c1ccc(Oc2ccccc2)cc1)SC(=O)C(C)C. The Kier molecular flexibility index (Phi) is 8.26. The molecule has 0 aliphatic rings. The third-order valence-electron chi connectivity index (χ3n) is 3.81. The highest BCUT2D eigenvalue weighted by Gasteiger charge is 2.28. The Morgan fingerprint density at radius 1 is 0.929 bits per heavy atom. The molecular weight excluding hydrogens is 376 g/mol. The number of carbonyl (C=O) groups is 3. The van der Waals surface area contributed by atoms with E-state index in [1.165, 1.54) is 0 Å². The molecule has 0 heterocycles. The fourth-order valence-corrected chi connectivity index (χ4v) is 3.26. The Bertz CT molecular complexity index is 799. The van der Waals surface area contributed by atoms with Gasteiger partial charge in [0, 0.05) is 17.9 Å². The highest BCUT2D eigenvalue weighted by molar-refractivity contribution is 8.14. The standard InChI is InChI=1S/C22H24O5S/c1-4-26-21(24)20(28-22(25)15(2)3)14-19(23)16-10-12-18(13-11-16)27-17-8-6-5-7-9-17/h5-13,15,20H,4,14H2,1-3H3. The van der Waals surface area contributed by atoms with Gasteiger partial charge in [-0.3, -0.25) is 14.4 Å². The fourth-order valence-electron chi connectivity index (χ4n) is 2.30. The highest BCUT2D eigenvalue weighted by Crippen LogP contribution is 2.25. The minimum Gasteiger partial charge on any atom is -0.465 e. The van der Waals surface area contributed by atoms with Crippen LogP contribution in [0.25, 0.3) is 0 Å². The molecule has 0 aliphatic heterocycles. The number of hydrogen-bond donors (Lipinski definition) is 0.